The normalized spacial score (nSPS) is 8.81. The summed E-state index contributed by atoms with van der Waals surface area (Å²) in [6.07, 6.45) is 3.26. The molecule has 0 heterocycles. The average molecular weight is 537 g/mol. The quantitative estimate of drug-likeness (QED) is 0.175. The number of nitrogens with zero attached hydrogens (tertiary/aromatic N) is 1. The summed E-state index contributed by atoms with van der Waals surface area (Å²) in [5, 5.41) is 10.9. The SMILES string of the molecule is CCCC(=O)N(CC(=O)OCC)CC(=O)OCC.CCCC(=O)O.CCCNCC(=O)OCC.O=C=O. The van der Waals surface area contributed by atoms with Crippen LogP contribution in [0.3, 0.4) is 0 Å². The number of ether oxygens (including phenoxy) is 3. The minimum absolute atomic E-state index is 0.170. The summed E-state index contributed by atoms with van der Waals surface area (Å²) in [5.41, 5.74) is 0. The lowest BCUT2D eigenvalue weighted by molar-refractivity contribution is -0.191. The van der Waals surface area contributed by atoms with Crippen molar-refractivity contribution in [2.45, 2.75) is 73.6 Å². The lowest BCUT2D eigenvalue weighted by Gasteiger charge is -2.20. The third kappa shape index (κ3) is 37.4. The lowest BCUT2D eigenvalue weighted by atomic mass is 10.3. The van der Waals surface area contributed by atoms with Crippen LogP contribution in [0, 0.1) is 0 Å². The van der Waals surface area contributed by atoms with Crippen molar-refractivity contribution >= 4 is 35.9 Å². The Bertz CT molecular complexity index is 629. The molecule has 0 aromatic carbocycles. The smallest absolute Gasteiger partial charge is 0.373 e. The maximum absolute atomic E-state index is 11.7. The van der Waals surface area contributed by atoms with Crippen LogP contribution in [0.1, 0.15) is 73.6 Å². The second-order valence-electron chi connectivity index (χ2n) is 6.82. The van der Waals surface area contributed by atoms with Gasteiger partial charge in [-0.25, -0.2) is 0 Å². The van der Waals surface area contributed by atoms with Gasteiger partial charge in [-0.15, -0.1) is 0 Å². The number of carboxylic acids is 1. The number of nitrogens with one attached hydrogen (secondary N) is 1. The molecule has 0 aromatic heterocycles. The molecule has 0 aliphatic heterocycles. The average Bonchev–Trinajstić information content (AvgIpc) is 2.81. The van der Waals surface area contributed by atoms with Crippen LogP contribution in [0.25, 0.3) is 0 Å². The molecule has 0 unspecified atom stereocenters. The maximum Gasteiger partial charge on any atom is 0.373 e. The second-order valence-corrected chi connectivity index (χ2v) is 6.82. The van der Waals surface area contributed by atoms with E-state index >= 15 is 0 Å². The topological polar surface area (TPSA) is 183 Å². The Morgan fingerprint density at radius 2 is 1.11 bits per heavy atom. The Balaban J connectivity index is -0.000000239. The van der Waals surface area contributed by atoms with E-state index in [1.807, 2.05) is 13.8 Å². The van der Waals surface area contributed by atoms with Gasteiger partial charge in [0.25, 0.3) is 0 Å². The highest BCUT2D eigenvalue weighted by atomic mass is 16.5. The first-order chi connectivity index (χ1) is 17.5. The van der Waals surface area contributed by atoms with Gasteiger partial charge in [0.2, 0.25) is 5.91 Å². The number of aliphatic carboxylic acids is 1. The fourth-order valence-electron chi connectivity index (χ4n) is 2.12. The summed E-state index contributed by atoms with van der Waals surface area (Å²) < 4.78 is 14.2. The summed E-state index contributed by atoms with van der Waals surface area (Å²) in [7, 11) is 0. The Morgan fingerprint density at radius 1 is 0.703 bits per heavy atom. The highest BCUT2D eigenvalue weighted by molar-refractivity contribution is 5.86. The van der Waals surface area contributed by atoms with E-state index in [1.165, 1.54) is 4.90 Å². The molecule has 13 heteroatoms. The zero-order valence-corrected chi connectivity index (χ0v) is 23.0. The molecular weight excluding hydrogens is 492 g/mol. The van der Waals surface area contributed by atoms with E-state index in [9.17, 15) is 24.0 Å². The second kappa shape index (κ2) is 32.7. The van der Waals surface area contributed by atoms with Crippen LogP contribution in [0.4, 0.5) is 0 Å². The van der Waals surface area contributed by atoms with E-state index in [1.54, 1.807) is 20.8 Å². The molecule has 0 fully saturated rings. The largest absolute Gasteiger partial charge is 0.481 e. The molecule has 2 N–H and O–H groups in total. The van der Waals surface area contributed by atoms with Gasteiger partial charge >= 0.3 is 30.0 Å². The van der Waals surface area contributed by atoms with Crippen LogP contribution < -0.4 is 5.32 Å². The Hall–Kier alpha value is -3.31. The van der Waals surface area contributed by atoms with E-state index in [2.05, 4.69) is 17.0 Å². The van der Waals surface area contributed by atoms with Crippen LogP contribution in [0.5, 0.6) is 0 Å². The van der Waals surface area contributed by atoms with Crippen molar-refractivity contribution in [2.24, 2.45) is 0 Å². The fraction of sp³-hybridized carbons (Fsp3) is 0.750. The summed E-state index contributed by atoms with van der Waals surface area (Å²) in [4.78, 5) is 72.0. The van der Waals surface area contributed by atoms with Gasteiger partial charge in [-0.1, -0.05) is 20.8 Å². The number of esters is 3. The van der Waals surface area contributed by atoms with Crippen molar-refractivity contribution in [2.75, 3.05) is 46.0 Å². The number of hydrogen-bond donors (Lipinski definition) is 2. The molecule has 216 valence electrons. The first kappa shape index (κ1) is 40.8. The summed E-state index contributed by atoms with van der Waals surface area (Å²) >= 11 is 0. The lowest BCUT2D eigenvalue weighted by Crippen LogP contribution is -2.40. The minimum atomic E-state index is -0.711. The molecule has 0 spiro atoms. The van der Waals surface area contributed by atoms with Gasteiger partial charge in [-0.3, -0.25) is 24.0 Å². The third-order valence-corrected chi connectivity index (χ3v) is 3.53. The number of carbonyl (C=O) groups excluding carboxylic acids is 6. The molecular formula is C24H44N2O11. The van der Waals surface area contributed by atoms with Crippen molar-refractivity contribution in [3.05, 3.63) is 0 Å². The van der Waals surface area contributed by atoms with E-state index < -0.39 is 17.9 Å². The predicted octanol–water partition coefficient (Wildman–Crippen LogP) is 1.58. The zero-order valence-electron chi connectivity index (χ0n) is 23.0. The van der Waals surface area contributed by atoms with Crippen LogP contribution in [-0.2, 0) is 47.8 Å². The Morgan fingerprint density at radius 3 is 1.41 bits per heavy atom. The van der Waals surface area contributed by atoms with Crippen molar-refractivity contribution < 1.29 is 52.9 Å². The first-order valence-corrected chi connectivity index (χ1v) is 12.2. The summed E-state index contributed by atoms with van der Waals surface area (Å²) in [6, 6.07) is 0. The summed E-state index contributed by atoms with van der Waals surface area (Å²) in [6.45, 7) is 12.6. The molecule has 0 aliphatic rings. The molecule has 0 bridgehead atoms. The molecule has 0 rings (SSSR count). The highest BCUT2D eigenvalue weighted by Crippen LogP contribution is 2.00. The van der Waals surface area contributed by atoms with Crippen molar-refractivity contribution in [3.63, 3.8) is 0 Å². The Kier molecular flexibility index (Phi) is 36.1. The highest BCUT2D eigenvalue weighted by Gasteiger charge is 2.20. The van der Waals surface area contributed by atoms with Crippen molar-refractivity contribution in [3.8, 4) is 0 Å². The number of rotatable bonds is 15. The number of carboxylic acid groups (broad SMARTS) is 1. The molecule has 0 atom stereocenters. The molecule has 0 aliphatic carbocycles. The van der Waals surface area contributed by atoms with E-state index in [4.69, 9.17) is 24.2 Å². The van der Waals surface area contributed by atoms with Crippen LogP contribution in [0.2, 0.25) is 0 Å². The van der Waals surface area contributed by atoms with Crippen LogP contribution in [-0.4, -0.2) is 91.9 Å². The van der Waals surface area contributed by atoms with Gasteiger partial charge in [-0.2, -0.15) is 9.59 Å². The van der Waals surface area contributed by atoms with E-state index in [0.717, 1.165) is 19.4 Å². The molecule has 1 amide bonds. The van der Waals surface area contributed by atoms with Gasteiger partial charge in [0.05, 0.1) is 26.4 Å². The van der Waals surface area contributed by atoms with Crippen molar-refractivity contribution in [1.82, 2.24) is 10.2 Å². The van der Waals surface area contributed by atoms with Crippen molar-refractivity contribution in [1.29, 1.82) is 0 Å². The summed E-state index contributed by atoms with van der Waals surface area (Å²) in [5.74, 6) is -2.18. The molecule has 0 saturated carbocycles. The predicted molar refractivity (Wildman–Crippen MR) is 132 cm³/mol. The minimum Gasteiger partial charge on any atom is -0.481 e. The first-order valence-electron chi connectivity index (χ1n) is 12.2. The van der Waals surface area contributed by atoms with Gasteiger partial charge in [0, 0.05) is 12.8 Å². The molecule has 0 radical (unpaired) electrons. The molecule has 0 aromatic rings. The standard InChI is InChI=1S/C12H21NO5.C7H15NO2.C4H8O2.CO2/c1-4-7-10(14)13(8-11(15)17-5-2)9-12(16)18-6-3;1-3-5-8-6-7(9)10-4-2;1-2-3-4(5)6;2-1-3/h4-9H2,1-3H3;8H,3-6H2,1-2H3;2-3H2,1H3,(H,5,6);. The third-order valence-electron chi connectivity index (χ3n) is 3.53. The fourth-order valence-corrected chi connectivity index (χ4v) is 2.12. The zero-order chi connectivity index (χ0) is 29.5. The van der Waals surface area contributed by atoms with Gasteiger partial charge < -0.3 is 29.5 Å². The van der Waals surface area contributed by atoms with Gasteiger partial charge in [0.1, 0.15) is 13.1 Å². The van der Waals surface area contributed by atoms with E-state index in [0.29, 0.717) is 32.4 Å². The number of carbonyl (C=O) groups is 5. The van der Waals surface area contributed by atoms with Crippen LogP contribution in [0.15, 0.2) is 0 Å². The maximum atomic E-state index is 11.7. The number of hydrogen-bond acceptors (Lipinski definition) is 11. The molecule has 37 heavy (non-hydrogen) atoms. The van der Waals surface area contributed by atoms with E-state index in [-0.39, 0.29) is 44.3 Å². The monoisotopic (exact) mass is 536 g/mol. The molecule has 0 saturated heterocycles. The number of amides is 1. The molecule has 13 nitrogen and oxygen atoms in total. The van der Waals surface area contributed by atoms with Gasteiger partial charge in [-0.05, 0) is 46.6 Å². The Labute approximate surface area is 219 Å². The van der Waals surface area contributed by atoms with Crippen LogP contribution >= 0.6 is 0 Å². The van der Waals surface area contributed by atoms with Gasteiger partial charge in [0.15, 0.2) is 0 Å².